The van der Waals surface area contributed by atoms with Gasteiger partial charge in [-0.25, -0.2) is 0 Å². The molecular weight excluding hydrogens is 388 g/mol. The summed E-state index contributed by atoms with van der Waals surface area (Å²) in [6.45, 7) is 11.3. The van der Waals surface area contributed by atoms with Crippen LogP contribution in [0.1, 0.15) is 92.4 Å². The second-order valence-electron chi connectivity index (χ2n) is 12.5. The molecule has 4 aliphatic rings. The second-order valence-corrected chi connectivity index (χ2v) is 12.5. The predicted molar refractivity (Wildman–Crippen MR) is 122 cm³/mol. The molecule has 0 aliphatic heterocycles. The number of rotatable bonds is 5. The van der Waals surface area contributed by atoms with Gasteiger partial charge in [0.2, 0.25) is 0 Å². The summed E-state index contributed by atoms with van der Waals surface area (Å²) in [7, 11) is 0. The highest BCUT2D eigenvalue weighted by molar-refractivity contribution is 5.95. The van der Waals surface area contributed by atoms with E-state index < -0.39 is 17.8 Å². The van der Waals surface area contributed by atoms with Crippen LogP contribution in [0.15, 0.2) is 11.6 Å². The van der Waals surface area contributed by atoms with Gasteiger partial charge in [0.1, 0.15) is 0 Å². The summed E-state index contributed by atoms with van der Waals surface area (Å²) in [4.78, 5) is 13.2. The molecule has 0 bridgehead atoms. The van der Waals surface area contributed by atoms with Crippen LogP contribution in [-0.4, -0.2) is 38.9 Å². The molecule has 0 heterocycles. The molecule has 0 saturated heterocycles. The fraction of sp³-hybridized carbons (Fsp3) is 0.889. The average Bonchev–Trinajstić information content (AvgIpc) is 2.96. The maximum absolute atomic E-state index is 13.2. The van der Waals surface area contributed by atoms with Crippen LogP contribution in [0.25, 0.3) is 0 Å². The van der Waals surface area contributed by atoms with Crippen molar-refractivity contribution in [3.63, 3.8) is 0 Å². The molecule has 0 aromatic carbocycles. The van der Waals surface area contributed by atoms with Gasteiger partial charge < -0.3 is 15.3 Å². The van der Waals surface area contributed by atoms with Crippen molar-refractivity contribution in [3.8, 4) is 0 Å². The van der Waals surface area contributed by atoms with Crippen LogP contribution >= 0.6 is 0 Å². The normalized spacial score (nSPS) is 48.1. The third-order valence-corrected chi connectivity index (χ3v) is 10.3. The average molecular weight is 433 g/mol. The number of fused-ring (bicyclic) bond motifs is 5. The maximum Gasteiger partial charge on any atom is 0.159 e. The molecule has 0 amide bonds. The summed E-state index contributed by atoms with van der Waals surface area (Å²) in [5.74, 6) is 1.70. The molecule has 4 nitrogen and oxygen atoms in total. The van der Waals surface area contributed by atoms with Crippen molar-refractivity contribution >= 4 is 5.78 Å². The van der Waals surface area contributed by atoms with Gasteiger partial charge in [-0.1, -0.05) is 53.9 Å². The first-order valence-electron chi connectivity index (χ1n) is 12.8. The fourth-order valence-electron chi connectivity index (χ4n) is 8.37. The van der Waals surface area contributed by atoms with E-state index in [0.717, 1.165) is 37.2 Å². The Morgan fingerprint density at radius 3 is 2.42 bits per heavy atom. The maximum atomic E-state index is 13.2. The van der Waals surface area contributed by atoms with Gasteiger partial charge in [0.05, 0.1) is 17.8 Å². The molecule has 4 heteroatoms. The molecule has 4 rings (SSSR count). The molecule has 2 unspecified atom stereocenters. The molecule has 4 aliphatic carbocycles. The smallest absolute Gasteiger partial charge is 0.159 e. The molecule has 3 fully saturated rings. The van der Waals surface area contributed by atoms with Crippen molar-refractivity contribution < 1.29 is 20.1 Å². The van der Waals surface area contributed by atoms with E-state index in [0.29, 0.717) is 24.7 Å². The summed E-state index contributed by atoms with van der Waals surface area (Å²) >= 11 is 0. The van der Waals surface area contributed by atoms with Crippen LogP contribution < -0.4 is 0 Å². The number of carbonyl (C=O) groups excluding carboxylic acids is 1. The van der Waals surface area contributed by atoms with Crippen molar-refractivity contribution in [2.75, 3.05) is 0 Å². The van der Waals surface area contributed by atoms with Gasteiger partial charge in [-0.15, -0.1) is 0 Å². The van der Waals surface area contributed by atoms with Crippen LogP contribution in [0.5, 0.6) is 0 Å². The lowest BCUT2D eigenvalue weighted by Crippen LogP contribution is -2.60. The Labute approximate surface area is 188 Å². The number of carbonyl (C=O) groups is 1. The van der Waals surface area contributed by atoms with E-state index in [1.807, 2.05) is 0 Å². The van der Waals surface area contributed by atoms with Crippen molar-refractivity contribution in [1.82, 2.24) is 0 Å². The summed E-state index contributed by atoms with van der Waals surface area (Å²) in [6.07, 6.45) is 8.34. The largest absolute Gasteiger partial charge is 0.390 e. The van der Waals surface area contributed by atoms with E-state index in [1.54, 1.807) is 6.08 Å². The molecule has 3 N–H and O–H groups in total. The fourth-order valence-corrected chi connectivity index (χ4v) is 8.37. The molecule has 176 valence electrons. The number of allylic oxidation sites excluding steroid dienone is 1. The Morgan fingerprint density at radius 2 is 1.74 bits per heavy atom. The van der Waals surface area contributed by atoms with Gasteiger partial charge in [0, 0.05) is 11.3 Å². The first-order valence-corrected chi connectivity index (χ1v) is 12.8. The van der Waals surface area contributed by atoms with E-state index in [-0.39, 0.29) is 28.4 Å². The highest BCUT2D eigenvalue weighted by Crippen LogP contribution is 2.68. The first-order chi connectivity index (χ1) is 14.4. The van der Waals surface area contributed by atoms with E-state index >= 15 is 0 Å². The molecule has 0 aromatic heterocycles. The van der Waals surface area contributed by atoms with E-state index in [1.165, 1.54) is 19.3 Å². The van der Waals surface area contributed by atoms with Crippen molar-refractivity contribution in [3.05, 3.63) is 11.6 Å². The van der Waals surface area contributed by atoms with Crippen LogP contribution in [0.3, 0.4) is 0 Å². The minimum atomic E-state index is -0.919. The lowest BCUT2D eigenvalue weighted by atomic mass is 9.46. The monoisotopic (exact) mass is 432 g/mol. The number of aliphatic hydroxyl groups is 3. The third kappa shape index (κ3) is 3.47. The Kier molecular flexibility index (Phi) is 6.02. The van der Waals surface area contributed by atoms with Crippen LogP contribution in [0.4, 0.5) is 0 Å². The SMILES string of the molecule is CC(C)CCC[C@@H](C)C1CCC2(O)C3=CC(=O)[C@@H]4C[C@@H](O)[C@@H](O)C[C@]4(C)[C@H]3CC[C@]12C. The minimum absolute atomic E-state index is 0.0470. The lowest BCUT2D eigenvalue weighted by molar-refractivity contribution is -0.153. The van der Waals surface area contributed by atoms with Crippen LogP contribution in [0.2, 0.25) is 0 Å². The first kappa shape index (κ1) is 23.4. The standard InChI is InChI=1S/C27H44O4/c1-16(2)7-6-8-17(3)18-10-12-27(31)20-13-22(28)21-14-23(29)24(30)15-25(21,4)19(20)9-11-26(18,27)5/h13,16-19,21,23-24,29-31H,6-12,14-15H2,1-5H3/t17-,18?,19+,21+,23-,24+,25-,26-,27?/m1/s1. The Bertz CT molecular complexity index is 744. The van der Waals surface area contributed by atoms with Gasteiger partial charge in [-0.3, -0.25) is 4.79 Å². The minimum Gasteiger partial charge on any atom is -0.390 e. The van der Waals surface area contributed by atoms with Gasteiger partial charge in [-0.2, -0.15) is 0 Å². The van der Waals surface area contributed by atoms with Gasteiger partial charge in [-0.05, 0) is 79.3 Å². The Morgan fingerprint density at radius 1 is 1.03 bits per heavy atom. The summed E-state index contributed by atoms with van der Waals surface area (Å²) in [6, 6.07) is 0. The topological polar surface area (TPSA) is 77.8 Å². The molecule has 31 heavy (non-hydrogen) atoms. The lowest BCUT2D eigenvalue weighted by Gasteiger charge is -2.60. The predicted octanol–water partition coefficient (Wildman–Crippen LogP) is 4.65. The number of hydrogen-bond acceptors (Lipinski definition) is 4. The van der Waals surface area contributed by atoms with Crippen LogP contribution in [-0.2, 0) is 4.79 Å². The second kappa shape index (κ2) is 7.95. The summed E-state index contributed by atoms with van der Waals surface area (Å²) in [5.41, 5.74) is -0.538. The highest BCUT2D eigenvalue weighted by atomic mass is 16.3. The van der Waals surface area contributed by atoms with E-state index in [4.69, 9.17) is 0 Å². The highest BCUT2D eigenvalue weighted by Gasteiger charge is 2.66. The quantitative estimate of drug-likeness (QED) is 0.591. The van der Waals surface area contributed by atoms with E-state index in [2.05, 4.69) is 34.6 Å². The molecule has 3 saturated carbocycles. The molecule has 0 aromatic rings. The van der Waals surface area contributed by atoms with Gasteiger partial charge in [0.25, 0.3) is 0 Å². The molecule has 0 radical (unpaired) electrons. The van der Waals surface area contributed by atoms with E-state index in [9.17, 15) is 20.1 Å². The van der Waals surface area contributed by atoms with Crippen molar-refractivity contribution in [2.45, 2.75) is 110 Å². The zero-order chi connectivity index (χ0) is 22.8. The van der Waals surface area contributed by atoms with Gasteiger partial charge >= 0.3 is 0 Å². The Hall–Kier alpha value is -0.710. The zero-order valence-corrected chi connectivity index (χ0v) is 20.2. The number of aliphatic hydroxyl groups excluding tert-OH is 2. The third-order valence-electron chi connectivity index (χ3n) is 10.3. The Balaban J connectivity index is 1.62. The van der Waals surface area contributed by atoms with Crippen molar-refractivity contribution in [2.24, 2.45) is 40.4 Å². The molecule has 0 spiro atoms. The van der Waals surface area contributed by atoms with Crippen LogP contribution in [0, 0.1) is 40.4 Å². The van der Waals surface area contributed by atoms with Crippen molar-refractivity contribution in [1.29, 1.82) is 0 Å². The summed E-state index contributed by atoms with van der Waals surface area (Å²) < 4.78 is 0. The molecular formula is C27H44O4. The molecule has 9 atom stereocenters. The zero-order valence-electron chi connectivity index (χ0n) is 20.2. The van der Waals surface area contributed by atoms with Gasteiger partial charge in [0.15, 0.2) is 5.78 Å². The number of ketones is 1. The number of hydrogen-bond donors (Lipinski definition) is 3. The summed E-state index contributed by atoms with van der Waals surface area (Å²) in [5, 5.41) is 32.9.